The molecule has 262 valence electrons. The lowest BCUT2D eigenvalue weighted by molar-refractivity contribution is -0.333. The van der Waals surface area contributed by atoms with E-state index in [1.807, 2.05) is 0 Å². The number of aliphatic hydroxyl groups is 2. The fourth-order valence-corrected chi connectivity index (χ4v) is 5.43. The van der Waals surface area contributed by atoms with Crippen LogP contribution in [0.3, 0.4) is 0 Å². The minimum absolute atomic E-state index is 0.0265. The molecule has 46 heavy (non-hydrogen) atoms. The molecule has 2 amide bonds. The van der Waals surface area contributed by atoms with Crippen molar-refractivity contribution in [1.29, 1.82) is 0 Å². The molecular formula is C31H46F5N3O7. The van der Waals surface area contributed by atoms with E-state index in [1.54, 1.807) is 4.90 Å². The summed E-state index contributed by atoms with van der Waals surface area (Å²) in [6.07, 6.45) is -1.16. The van der Waals surface area contributed by atoms with Gasteiger partial charge in [0.05, 0.1) is 45.3 Å². The molecule has 3 fully saturated rings. The number of hydrogen-bond donors (Lipinski definition) is 3. The first kappa shape index (κ1) is 37.7. The van der Waals surface area contributed by atoms with Crippen molar-refractivity contribution in [2.24, 2.45) is 11.8 Å². The van der Waals surface area contributed by atoms with E-state index < -0.39 is 55.0 Å². The van der Waals surface area contributed by atoms with Gasteiger partial charge < -0.3 is 39.5 Å². The maximum atomic E-state index is 14.7. The second-order valence-electron chi connectivity index (χ2n) is 12.2. The number of allylic oxidation sites excluding steroid dienone is 2. The van der Waals surface area contributed by atoms with E-state index in [9.17, 15) is 36.6 Å². The Morgan fingerprint density at radius 2 is 1.80 bits per heavy atom. The third-order valence-electron chi connectivity index (χ3n) is 8.55. The predicted molar refractivity (Wildman–Crippen MR) is 158 cm³/mol. The summed E-state index contributed by atoms with van der Waals surface area (Å²) >= 11 is 0. The van der Waals surface area contributed by atoms with Gasteiger partial charge in [-0.15, -0.1) is 0 Å². The Labute approximate surface area is 266 Å². The summed E-state index contributed by atoms with van der Waals surface area (Å²) in [4.78, 5) is 27.6. The van der Waals surface area contributed by atoms with Gasteiger partial charge in [0, 0.05) is 50.3 Å². The van der Waals surface area contributed by atoms with Gasteiger partial charge in [-0.3, -0.25) is 4.79 Å². The van der Waals surface area contributed by atoms with E-state index in [2.05, 4.69) is 16.6 Å². The fourth-order valence-electron chi connectivity index (χ4n) is 5.43. The number of aliphatic hydroxyl groups excluding tert-OH is 2. The first-order valence-electron chi connectivity index (χ1n) is 15.8. The summed E-state index contributed by atoms with van der Waals surface area (Å²) in [6, 6.07) is 0. The van der Waals surface area contributed by atoms with Gasteiger partial charge in [0.1, 0.15) is 11.6 Å². The zero-order valence-corrected chi connectivity index (χ0v) is 26.0. The second-order valence-corrected chi connectivity index (χ2v) is 12.2. The van der Waals surface area contributed by atoms with Crippen LogP contribution in [0.5, 0.6) is 0 Å². The van der Waals surface area contributed by atoms with Crippen LogP contribution in [0.2, 0.25) is 0 Å². The SMILES string of the molecule is C=C(/C=C(F)\C(=C\F)CC(=O)N1CC(CNCCCC[C@H](O)CO)C1)OCCCC1CCN(C(=O)OC2(C(F)(F)F)COC2)CC1. The normalized spacial score (nSPS) is 20.2. The van der Waals surface area contributed by atoms with Crippen molar-refractivity contribution in [1.82, 2.24) is 15.1 Å². The number of halogens is 5. The number of rotatable bonds is 18. The third kappa shape index (κ3) is 11.2. The van der Waals surface area contributed by atoms with Crippen molar-refractivity contribution in [3.05, 3.63) is 36.1 Å². The molecular weight excluding hydrogens is 621 g/mol. The van der Waals surface area contributed by atoms with Gasteiger partial charge in [0.25, 0.3) is 5.60 Å². The summed E-state index contributed by atoms with van der Waals surface area (Å²) in [7, 11) is 0. The number of hydrogen-bond acceptors (Lipinski definition) is 8. The van der Waals surface area contributed by atoms with Crippen molar-refractivity contribution in [2.45, 2.75) is 69.2 Å². The lowest BCUT2D eigenvalue weighted by Crippen LogP contribution is -2.64. The molecule has 0 bridgehead atoms. The number of piperidine rings is 1. The fraction of sp³-hybridized carbons (Fsp3) is 0.742. The first-order valence-corrected chi connectivity index (χ1v) is 15.8. The second kappa shape index (κ2) is 18.0. The molecule has 0 aromatic carbocycles. The standard InChI is InChI=1S/C31H46F5N3O7/c1-22(45-12-4-5-23-7-10-38(11-8-23)29(43)46-30(20-44-21-30)31(34,35)36)13-27(33)25(15-32)14-28(42)39-17-24(18-39)16-37-9-3-2-6-26(41)19-40/h13,15,23-24,26,37,40-41H,1-12,14,16-21H2/b25-15+,27-13+/t26-/m0/s1. The quantitative estimate of drug-likeness (QED) is 0.0864. The van der Waals surface area contributed by atoms with Crippen LogP contribution in [-0.2, 0) is 19.0 Å². The highest BCUT2D eigenvalue weighted by Gasteiger charge is 2.64. The lowest BCUT2D eigenvalue weighted by Gasteiger charge is -2.43. The van der Waals surface area contributed by atoms with E-state index >= 15 is 0 Å². The summed E-state index contributed by atoms with van der Waals surface area (Å²) < 4.78 is 82.7. The minimum Gasteiger partial charge on any atom is -0.494 e. The van der Waals surface area contributed by atoms with Gasteiger partial charge in [-0.2, -0.15) is 13.2 Å². The van der Waals surface area contributed by atoms with Crippen LogP contribution in [0.1, 0.15) is 51.4 Å². The molecule has 0 unspecified atom stereocenters. The molecule has 10 nitrogen and oxygen atoms in total. The number of amides is 2. The Kier molecular flexibility index (Phi) is 14.7. The number of nitrogens with zero attached hydrogens (tertiary/aromatic N) is 2. The van der Waals surface area contributed by atoms with Crippen LogP contribution >= 0.6 is 0 Å². The van der Waals surface area contributed by atoms with Crippen molar-refractivity contribution >= 4 is 12.0 Å². The molecule has 0 saturated carbocycles. The molecule has 0 aromatic heterocycles. The predicted octanol–water partition coefficient (Wildman–Crippen LogP) is 4.15. The number of nitrogens with one attached hydrogen (secondary N) is 1. The zero-order valence-electron chi connectivity index (χ0n) is 26.0. The van der Waals surface area contributed by atoms with E-state index in [-0.39, 0.29) is 56.1 Å². The number of unbranched alkanes of at least 4 members (excludes halogenated alkanes) is 1. The smallest absolute Gasteiger partial charge is 0.433 e. The Bertz CT molecular complexity index is 1070. The van der Waals surface area contributed by atoms with Crippen LogP contribution in [0.4, 0.5) is 26.7 Å². The number of ether oxygens (including phenoxy) is 3. The molecule has 0 aliphatic carbocycles. The molecule has 3 rings (SSSR count). The zero-order chi connectivity index (χ0) is 33.7. The maximum absolute atomic E-state index is 14.7. The van der Waals surface area contributed by atoms with Gasteiger partial charge in [-0.25, -0.2) is 13.6 Å². The molecule has 3 aliphatic rings. The highest BCUT2D eigenvalue weighted by Crippen LogP contribution is 2.40. The molecule has 0 spiro atoms. The van der Waals surface area contributed by atoms with E-state index in [0.717, 1.165) is 25.5 Å². The Balaban J connectivity index is 1.26. The van der Waals surface area contributed by atoms with Crippen molar-refractivity contribution in [3.8, 4) is 0 Å². The molecule has 3 heterocycles. The molecule has 15 heteroatoms. The lowest BCUT2D eigenvalue weighted by atomic mass is 9.92. The molecule has 0 radical (unpaired) electrons. The summed E-state index contributed by atoms with van der Waals surface area (Å²) in [5, 5.41) is 21.4. The monoisotopic (exact) mass is 667 g/mol. The van der Waals surface area contributed by atoms with Crippen LogP contribution in [0.25, 0.3) is 0 Å². The number of alkyl halides is 3. The van der Waals surface area contributed by atoms with Gasteiger partial charge >= 0.3 is 12.3 Å². The first-order chi connectivity index (χ1) is 21.9. The molecule has 3 N–H and O–H groups in total. The Hall–Kier alpha value is -2.75. The molecule has 3 saturated heterocycles. The van der Waals surface area contributed by atoms with Gasteiger partial charge in [0.2, 0.25) is 5.91 Å². The van der Waals surface area contributed by atoms with Crippen LogP contribution in [0.15, 0.2) is 36.1 Å². The highest BCUT2D eigenvalue weighted by atomic mass is 19.4. The molecule has 0 aromatic rings. The summed E-state index contributed by atoms with van der Waals surface area (Å²) in [5.41, 5.74) is -2.98. The number of likely N-dealkylation sites (tertiary alicyclic amines) is 2. The highest BCUT2D eigenvalue weighted by molar-refractivity contribution is 5.80. The van der Waals surface area contributed by atoms with E-state index in [1.165, 1.54) is 4.90 Å². The summed E-state index contributed by atoms with van der Waals surface area (Å²) in [5.74, 6) is -0.893. The minimum atomic E-state index is -4.70. The van der Waals surface area contributed by atoms with Crippen molar-refractivity contribution in [3.63, 3.8) is 0 Å². The van der Waals surface area contributed by atoms with Crippen LogP contribution in [-0.4, -0.2) is 116 Å². The average Bonchev–Trinajstić information content (AvgIpc) is 2.97. The Morgan fingerprint density at radius 3 is 2.39 bits per heavy atom. The average molecular weight is 668 g/mol. The van der Waals surface area contributed by atoms with Crippen molar-refractivity contribution < 1.29 is 56.0 Å². The van der Waals surface area contributed by atoms with Gasteiger partial charge in [-0.1, -0.05) is 6.58 Å². The third-order valence-corrected chi connectivity index (χ3v) is 8.55. The van der Waals surface area contributed by atoms with Gasteiger partial charge in [-0.05, 0) is 57.4 Å². The van der Waals surface area contributed by atoms with Gasteiger partial charge in [0.15, 0.2) is 0 Å². The van der Waals surface area contributed by atoms with E-state index in [0.29, 0.717) is 51.7 Å². The maximum Gasteiger partial charge on any atom is 0.433 e. The number of carbonyl (C=O) groups is 2. The van der Waals surface area contributed by atoms with Crippen LogP contribution < -0.4 is 5.32 Å². The molecule has 3 aliphatic heterocycles. The van der Waals surface area contributed by atoms with E-state index in [4.69, 9.17) is 14.6 Å². The topological polar surface area (TPSA) is 121 Å². The molecule has 1 atom stereocenters. The largest absolute Gasteiger partial charge is 0.494 e. The van der Waals surface area contributed by atoms with Crippen molar-refractivity contribution in [2.75, 3.05) is 65.7 Å². The number of carbonyl (C=O) groups excluding carboxylic acids is 2. The van der Waals surface area contributed by atoms with Crippen LogP contribution in [0, 0.1) is 11.8 Å². The summed E-state index contributed by atoms with van der Waals surface area (Å²) in [6.45, 7) is 5.19. The Morgan fingerprint density at radius 1 is 1.11 bits per heavy atom.